The molecular weight excluding hydrogens is 308 g/mol. The fraction of sp³-hybridized carbons (Fsp3) is 0.706. The van der Waals surface area contributed by atoms with Crippen molar-refractivity contribution in [3.05, 3.63) is 17.0 Å². The van der Waals surface area contributed by atoms with Crippen LogP contribution in [0.25, 0.3) is 0 Å². The molecule has 1 saturated heterocycles. The van der Waals surface area contributed by atoms with Crippen LogP contribution in [0.15, 0.2) is 0 Å². The third-order valence-corrected chi connectivity index (χ3v) is 4.27. The van der Waals surface area contributed by atoms with Gasteiger partial charge in [-0.3, -0.25) is 9.48 Å². The lowest BCUT2D eigenvalue weighted by Gasteiger charge is -2.35. The Morgan fingerprint density at radius 3 is 2.08 bits per heavy atom. The molecule has 0 N–H and O–H groups in total. The molecule has 2 rings (SSSR count). The first-order valence-electron chi connectivity index (χ1n) is 8.33. The second-order valence-corrected chi connectivity index (χ2v) is 7.30. The minimum absolute atomic E-state index is 0.0815. The molecule has 0 atom stereocenters. The van der Waals surface area contributed by atoms with E-state index in [4.69, 9.17) is 4.74 Å². The summed E-state index contributed by atoms with van der Waals surface area (Å²) in [6, 6.07) is 0. The SMILES string of the molecule is Cc1nn(C)c(C)c1CC(=O)N1CCN(C(=O)OC(C)(C)C)CC1. The van der Waals surface area contributed by atoms with Crippen molar-refractivity contribution in [2.45, 2.75) is 46.6 Å². The molecule has 134 valence electrons. The summed E-state index contributed by atoms with van der Waals surface area (Å²) < 4.78 is 7.18. The molecule has 2 amide bonds. The van der Waals surface area contributed by atoms with Crippen LogP contribution in [0.5, 0.6) is 0 Å². The molecule has 0 radical (unpaired) electrons. The highest BCUT2D eigenvalue weighted by atomic mass is 16.6. The van der Waals surface area contributed by atoms with Crippen LogP contribution >= 0.6 is 0 Å². The summed E-state index contributed by atoms with van der Waals surface area (Å²) in [5, 5.41) is 4.35. The number of aromatic nitrogens is 2. The van der Waals surface area contributed by atoms with E-state index in [1.807, 2.05) is 46.6 Å². The van der Waals surface area contributed by atoms with Crippen molar-refractivity contribution in [3.8, 4) is 0 Å². The third-order valence-electron chi connectivity index (χ3n) is 4.27. The fourth-order valence-electron chi connectivity index (χ4n) is 2.80. The first-order valence-corrected chi connectivity index (χ1v) is 8.33. The highest BCUT2D eigenvalue weighted by Crippen LogP contribution is 2.16. The molecule has 7 heteroatoms. The first-order chi connectivity index (χ1) is 11.1. The normalized spacial score (nSPS) is 15.6. The van der Waals surface area contributed by atoms with E-state index in [0.29, 0.717) is 32.6 Å². The molecule has 0 spiro atoms. The van der Waals surface area contributed by atoms with Crippen LogP contribution in [0.4, 0.5) is 4.79 Å². The summed E-state index contributed by atoms with van der Waals surface area (Å²) in [6.07, 6.45) is 0.0475. The van der Waals surface area contributed by atoms with Gasteiger partial charge in [0.15, 0.2) is 0 Å². The van der Waals surface area contributed by atoms with Gasteiger partial charge in [-0.15, -0.1) is 0 Å². The molecule has 1 aromatic heterocycles. The monoisotopic (exact) mass is 336 g/mol. The van der Waals surface area contributed by atoms with E-state index in [1.165, 1.54) is 0 Å². The van der Waals surface area contributed by atoms with E-state index in [0.717, 1.165) is 17.0 Å². The van der Waals surface area contributed by atoms with Gasteiger partial charge in [-0.25, -0.2) is 4.79 Å². The zero-order valence-electron chi connectivity index (χ0n) is 15.5. The summed E-state index contributed by atoms with van der Waals surface area (Å²) in [7, 11) is 1.88. The number of carbonyl (C=O) groups is 2. The highest BCUT2D eigenvalue weighted by Gasteiger charge is 2.28. The molecule has 2 heterocycles. The Morgan fingerprint density at radius 2 is 1.62 bits per heavy atom. The molecule has 0 bridgehead atoms. The van der Waals surface area contributed by atoms with Crippen LogP contribution in [-0.2, 0) is 23.0 Å². The zero-order chi connectivity index (χ0) is 18.1. The highest BCUT2D eigenvalue weighted by molar-refractivity contribution is 5.79. The number of carbonyl (C=O) groups excluding carboxylic acids is 2. The number of hydrogen-bond acceptors (Lipinski definition) is 4. The van der Waals surface area contributed by atoms with Gasteiger partial charge in [0, 0.05) is 44.5 Å². The molecule has 1 aliphatic rings. The number of nitrogens with zero attached hydrogens (tertiary/aromatic N) is 4. The van der Waals surface area contributed by atoms with Gasteiger partial charge in [-0.05, 0) is 34.6 Å². The Kier molecular flexibility index (Phi) is 5.20. The average Bonchev–Trinajstić information content (AvgIpc) is 2.72. The van der Waals surface area contributed by atoms with Gasteiger partial charge in [-0.2, -0.15) is 5.10 Å². The standard InChI is InChI=1S/C17H28N4O3/c1-12-14(13(2)19(6)18-12)11-15(22)20-7-9-21(10-8-20)16(23)24-17(3,4)5/h7-11H2,1-6H3. The maximum absolute atomic E-state index is 12.5. The number of hydrogen-bond donors (Lipinski definition) is 0. The average molecular weight is 336 g/mol. The predicted molar refractivity (Wildman–Crippen MR) is 90.8 cm³/mol. The van der Waals surface area contributed by atoms with Crippen molar-refractivity contribution in [1.29, 1.82) is 0 Å². The predicted octanol–water partition coefficient (Wildman–Crippen LogP) is 1.66. The molecule has 7 nitrogen and oxygen atoms in total. The number of ether oxygens (including phenoxy) is 1. The van der Waals surface area contributed by atoms with Crippen LogP contribution in [0.3, 0.4) is 0 Å². The number of amides is 2. The van der Waals surface area contributed by atoms with E-state index < -0.39 is 5.60 Å². The van der Waals surface area contributed by atoms with Crippen LogP contribution in [-0.4, -0.2) is 63.4 Å². The van der Waals surface area contributed by atoms with Gasteiger partial charge in [0.25, 0.3) is 0 Å². The molecule has 1 fully saturated rings. The van der Waals surface area contributed by atoms with E-state index in [9.17, 15) is 9.59 Å². The molecule has 0 saturated carbocycles. The maximum atomic E-state index is 12.5. The van der Waals surface area contributed by atoms with Gasteiger partial charge in [-0.1, -0.05) is 0 Å². The van der Waals surface area contributed by atoms with Crippen molar-refractivity contribution < 1.29 is 14.3 Å². The largest absolute Gasteiger partial charge is 0.444 e. The summed E-state index contributed by atoms with van der Waals surface area (Å²) in [5.41, 5.74) is 2.42. The maximum Gasteiger partial charge on any atom is 0.410 e. The van der Waals surface area contributed by atoms with E-state index in [2.05, 4.69) is 5.10 Å². The second-order valence-electron chi connectivity index (χ2n) is 7.30. The van der Waals surface area contributed by atoms with Gasteiger partial charge in [0.1, 0.15) is 5.60 Å². The van der Waals surface area contributed by atoms with Crippen LogP contribution in [0.1, 0.15) is 37.7 Å². The van der Waals surface area contributed by atoms with Crippen LogP contribution in [0, 0.1) is 13.8 Å². The molecule has 0 aliphatic carbocycles. The summed E-state index contributed by atoms with van der Waals surface area (Å²) in [5.74, 6) is 0.0815. The molecular formula is C17H28N4O3. The van der Waals surface area contributed by atoms with Crippen molar-refractivity contribution in [3.63, 3.8) is 0 Å². The van der Waals surface area contributed by atoms with Gasteiger partial charge in [0.2, 0.25) is 5.91 Å². The van der Waals surface area contributed by atoms with Gasteiger partial charge in [0.05, 0.1) is 12.1 Å². The minimum atomic E-state index is -0.501. The van der Waals surface area contributed by atoms with Gasteiger partial charge >= 0.3 is 6.09 Å². The zero-order valence-corrected chi connectivity index (χ0v) is 15.5. The Balaban J connectivity index is 1.90. The lowest BCUT2D eigenvalue weighted by molar-refractivity contribution is -0.132. The first kappa shape index (κ1) is 18.3. The quantitative estimate of drug-likeness (QED) is 0.824. The summed E-state index contributed by atoms with van der Waals surface area (Å²) >= 11 is 0. The van der Waals surface area contributed by atoms with Gasteiger partial charge < -0.3 is 14.5 Å². The molecule has 0 aromatic carbocycles. The molecule has 1 aliphatic heterocycles. The topological polar surface area (TPSA) is 67.7 Å². The molecule has 1 aromatic rings. The van der Waals surface area contributed by atoms with Crippen molar-refractivity contribution in [1.82, 2.24) is 19.6 Å². The van der Waals surface area contributed by atoms with Crippen LogP contribution in [0.2, 0.25) is 0 Å². The lowest BCUT2D eigenvalue weighted by atomic mass is 10.1. The Hall–Kier alpha value is -2.05. The summed E-state index contributed by atoms with van der Waals surface area (Å²) in [6.45, 7) is 11.5. The smallest absolute Gasteiger partial charge is 0.410 e. The van der Waals surface area contributed by atoms with E-state index in [-0.39, 0.29) is 12.0 Å². The summed E-state index contributed by atoms with van der Waals surface area (Å²) in [4.78, 5) is 28.1. The number of piperazine rings is 1. The minimum Gasteiger partial charge on any atom is -0.444 e. The Bertz CT molecular complexity index is 623. The van der Waals surface area contributed by atoms with E-state index >= 15 is 0 Å². The Morgan fingerprint density at radius 1 is 1.08 bits per heavy atom. The van der Waals surface area contributed by atoms with Crippen LogP contribution < -0.4 is 0 Å². The van der Waals surface area contributed by atoms with Crippen molar-refractivity contribution in [2.24, 2.45) is 7.05 Å². The second kappa shape index (κ2) is 6.83. The van der Waals surface area contributed by atoms with Crippen molar-refractivity contribution in [2.75, 3.05) is 26.2 Å². The molecule has 0 unspecified atom stereocenters. The van der Waals surface area contributed by atoms with E-state index in [1.54, 1.807) is 9.58 Å². The third kappa shape index (κ3) is 4.27. The number of rotatable bonds is 2. The Labute approximate surface area is 143 Å². The molecule has 24 heavy (non-hydrogen) atoms. The lowest BCUT2D eigenvalue weighted by Crippen LogP contribution is -2.52. The number of aryl methyl sites for hydroxylation is 2. The fourth-order valence-corrected chi connectivity index (χ4v) is 2.80. The van der Waals surface area contributed by atoms with Crippen molar-refractivity contribution >= 4 is 12.0 Å².